The summed E-state index contributed by atoms with van der Waals surface area (Å²) in [5.74, 6) is 1.13. The van der Waals surface area contributed by atoms with Crippen molar-refractivity contribution >= 4 is 29.1 Å². The fourth-order valence-electron chi connectivity index (χ4n) is 4.38. The summed E-state index contributed by atoms with van der Waals surface area (Å²) in [7, 11) is 0. The SMILES string of the molecule is CCOc1cc(C(=O)N2CCC3(CC2)N=C(c2ccc(Cl)cc2)C(=O)N3)cc(OCC)c1OCC. The highest BCUT2D eigenvalue weighted by molar-refractivity contribution is 6.47. The van der Waals surface area contributed by atoms with E-state index in [0.29, 0.717) is 79.3 Å². The zero-order valence-electron chi connectivity index (χ0n) is 20.2. The van der Waals surface area contributed by atoms with Crippen molar-refractivity contribution in [1.29, 1.82) is 0 Å². The molecule has 2 heterocycles. The Kier molecular flexibility index (Phi) is 7.50. The highest BCUT2D eigenvalue weighted by Gasteiger charge is 2.43. The molecule has 2 aromatic carbocycles. The van der Waals surface area contributed by atoms with Crippen LogP contribution in [0.5, 0.6) is 17.2 Å². The average Bonchev–Trinajstić information content (AvgIpc) is 3.17. The zero-order chi connectivity index (χ0) is 25.0. The third-order valence-corrected chi connectivity index (χ3v) is 6.29. The highest BCUT2D eigenvalue weighted by Crippen LogP contribution is 2.40. The first-order valence-electron chi connectivity index (χ1n) is 11.9. The van der Waals surface area contributed by atoms with Crippen LogP contribution in [0.2, 0.25) is 5.02 Å². The van der Waals surface area contributed by atoms with Crippen LogP contribution in [-0.2, 0) is 4.79 Å². The molecular formula is C26H30ClN3O5. The van der Waals surface area contributed by atoms with Crippen molar-refractivity contribution in [2.24, 2.45) is 4.99 Å². The molecule has 1 saturated heterocycles. The van der Waals surface area contributed by atoms with Crippen LogP contribution in [0.4, 0.5) is 0 Å². The Bertz CT molecular complexity index is 1100. The first kappa shape index (κ1) is 24.9. The lowest BCUT2D eigenvalue weighted by atomic mass is 9.97. The van der Waals surface area contributed by atoms with Crippen molar-refractivity contribution in [2.45, 2.75) is 39.3 Å². The second-order valence-corrected chi connectivity index (χ2v) is 8.78. The standard InChI is InChI=1S/C26H30ClN3O5/c1-4-33-20-15-18(16-21(34-5-2)23(20)35-6-3)25(32)30-13-11-26(12-14-30)28-22(24(31)29-26)17-7-9-19(27)10-8-17/h7-10,15-16H,4-6,11-14H2,1-3H3,(H,29,31). The molecule has 0 unspecified atom stereocenters. The number of hydrogen-bond donors (Lipinski definition) is 1. The summed E-state index contributed by atoms with van der Waals surface area (Å²) < 4.78 is 17.3. The van der Waals surface area contributed by atoms with Crippen LogP contribution in [0.1, 0.15) is 49.5 Å². The molecule has 0 aliphatic carbocycles. The van der Waals surface area contributed by atoms with Gasteiger partial charge in [-0.2, -0.15) is 0 Å². The van der Waals surface area contributed by atoms with E-state index in [1.807, 2.05) is 20.8 Å². The predicted octanol–water partition coefficient (Wildman–Crippen LogP) is 4.09. The van der Waals surface area contributed by atoms with Crippen LogP contribution in [0, 0.1) is 0 Å². The maximum absolute atomic E-state index is 13.4. The number of nitrogens with one attached hydrogen (secondary N) is 1. The van der Waals surface area contributed by atoms with Gasteiger partial charge in [-0.25, -0.2) is 0 Å². The molecule has 186 valence electrons. The van der Waals surface area contributed by atoms with E-state index in [9.17, 15) is 9.59 Å². The van der Waals surface area contributed by atoms with Crippen molar-refractivity contribution in [3.8, 4) is 17.2 Å². The van der Waals surface area contributed by atoms with Gasteiger partial charge in [-0.15, -0.1) is 0 Å². The summed E-state index contributed by atoms with van der Waals surface area (Å²) >= 11 is 5.97. The van der Waals surface area contributed by atoms with E-state index in [1.165, 1.54) is 0 Å². The fourth-order valence-corrected chi connectivity index (χ4v) is 4.50. The number of aliphatic imine (C=N–C) groups is 1. The number of hydrogen-bond acceptors (Lipinski definition) is 6. The summed E-state index contributed by atoms with van der Waals surface area (Å²) in [4.78, 5) is 32.6. The maximum atomic E-state index is 13.4. The molecule has 0 bridgehead atoms. The van der Waals surface area contributed by atoms with Crippen molar-refractivity contribution in [1.82, 2.24) is 10.2 Å². The second-order valence-electron chi connectivity index (χ2n) is 8.35. The molecule has 35 heavy (non-hydrogen) atoms. The third kappa shape index (κ3) is 5.22. The molecule has 2 aliphatic heterocycles. The quantitative estimate of drug-likeness (QED) is 0.591. The molecule has 0 radical (unpaired) electrons. The smallest absolute Gasteiger partial charge is 0.272 e. The minimum atomic E-state index is -0.700. The van der Waals surface area contributed by atoms with E-state index in [4.69, 9.17) is 30.8 Å². The van der Waals surface area contributed by atoms with Crippen LogP contribution < -0.4 is 19.5 Å². The Hall–Kier alpha value is -3.26. The Labute approximate surface area is 210 Å². The van der Waals surface area contributed by atoms with Crippen LogP contribution in [0.25, 0.3) is 0 Å². The molecular weight excluding hydrogens is 470 g/mol. The number of piperidine rings is 1. The number of likely N-dealkylation sites (tertiary alicyclic amines) is 1. The molecule has 0 atom stereocenters. The van der Waals surface area contributed by atoms with E-state index >= 15 is 0 Å². The topological polar surface area (TPSA) is 89.5 Å². The molecule has 1 spiro atoms. The largest absolute Gasteiger partial charge is 0.490 e. The van der Waals surface area contributed by atoms with Gasteiger partial charge in [0.05, 0.1) is 19.8 Å². The molecule has 4 rings (SSSR count). The van der Waals surface area contributed by atoms with Gasteiger partial charge in [-0.05, 0) is 45.0 Å². The number of carbonyl (C=O) groups is 2. The van der Waals surface area contributed by atoms with Crippen molar-refractivity contribution in [3.05, 3.63) is 52.5 Å². The van der Waals surface area contributed by atoms with Gasteiger partial charge in [0, 0.05) is 42.1 Å². The monoisotopic (exact) mass is 499 g/mol. The van der Waals surface area contributed by atoms with E-state index in [0.717, 1.165) is 5.56 Å². The van der Waals surface area contributed by atoms with Gasteiger partial charge in [0.2, 0.25) is 5.75 Å². The Balaban J connectivity index is 1.52. The number of rotatable bonds is 8. The molecule has 0 saturated carbocycles. The van der Waals surface area contributed by atoms with Crippen molar-refractivity contribution in [3.63, 3.8) is 0 Å². The summed E-state index contributed by atoms with van der Waals surface area (Å²) in [6, 6.07) is 10.5. The van der Waals surface area contributed by atoms with E-state index < -0.39 is 5.66 Å². The van der Waals surface area contributed by atoms with E-state index in [-0.39, 0.29) is 11.8 Å². The van der Waals surface area contributed by atoms with Gasteiger partial charge >= 0.3 is 0 Å². The van der Waals surface area contributed by atoms with Gasteiger partial charge in [0.25, 0.3) is 11.8 Å². The normalized spacial score (nSPS) is 16.6. The van der Waals surface area contributed by atoms with Crippen LogP contribution in [0.15, 0.2) is 41.4 Å². The number of benzene rings is 2. The summed E-state index contributed by atoms with van der Waals surface area (Å²) in [6.45, 7) is 7.87. The molecule has 9 heteroatoms. The lowest BCUT2D eigenvalue weighted by molar-refractivity contribution is -0.115. The number of amides is 2. The molecule has 1 N–H and O–H groups in total. The lowest BCUT2D eigenvalue weighted by Crippen LogP contribution is -2.52. The summed E-state index contributed by atoms with van der Waals surface area (Å²) in [5, 5.41) is 3.64. The van der Waals surface area contributed by atoms with Crippen molar-refractivity contribution < 1.29 is 23.8 Å². The number of carbonyl (C=O) groups excluding carboxylic acids is 2. The van der Waals surface area contributed by atoms with Crippen LogP contribution in [-0.4, -0.2) is 61.0 Å². The fraction of sp³-hybridized carbons (Fsp3) is 0.423. The van der Waals surface area contributed by atoms with Crippen LogP contribution >= 0.6 is 11.6 Å². The molecule has 2 amide bonds. The minimum Gasteiger partial charge on any atom is -0.490 e. The molecule has 0 aromatic heterocycles. The molecule has 1 fully saturated rings. The minimum absolute atomic E-state index is 0.129. The van der Waals surface area contributed by atoms with E-state index in [2.05, 4.69) is 5.32 Å². The first-order chi connectivity index (χ1) is 16.9. The van der Waals surface area contributed by atoms with Crippen molar-refractivity contribution in [2.75, 3.05) is 32.9 Å². The van der Waals surface area contributed by atoms with Gasteiger partial charge in [-0.3, -0.25) is 14.6 Å². The third-order valence-electron chi connectivity index (χ3n) is 6.04. The highest BCUT2D eigenvalue weighted by atomic mass is 35.5. The second kappa shape index (κ2) is 10.6. The van der Waals surface area contributed by atoms with Gasteiger partial charge in [-0.1, -0.05) is 23.7 Å². The molecule has 2 aromatic rings. The number of ether oxygens (including phenoxy) is 3. The summed E-state index contributed by atoms with van der Waals surface area (Å²) in [5.41, 5.74) is 0.894. The Morgan fingerprint density at radius 2 is 1.57 bits per heavy atom. The Morgan fingerprint density at radius 3 is 2.11 bits per heavy atom. The molecule has 8 nitrogen and oxygen atoms in total. The zero-order valence-corrected chi connectivity index (χ0v) is 21.0. The predicted molar refractivity (Wildman–Crippen MR) is 134 cm³/mol. The maximum Gasteiger partial charge on any atom is 0.272 e. The van der Waals surface area contributed by atoms with Crippen LogP contribution in [0.3, 0.4) is 0 Å². The average molecular weight is 500 g/mol. The van der Waals surface area contributed by atoms with Gasteiger partial charge < -0.3 is 24.4 Å². The van der Waals surface area contributed by atoms with Gasteiger partial charge in [0.1, 0.15) is 11.4 Å². The first-order valence-corrected chi connectivity index (χ1v) is 12.3. The Morgan fingerprint density at radius 1 is 1.00 bits per heavy atom. The number of halogens is 1. The van der Waals surface area contributed by atoms with Gasteiger partial charge in [0.15, 0.2) is 11.5 Å². The molecule has 2 aliphatic rings. The summed E-state index contributed by atoms with van der Waals surface area (Å²) in [6.07, 6.45) is 1.05. The number of nitrogens with zero attached hydrogens (tertiary/aromatic N) is 2. The van der Waals surface area contributed by atoms with E-state index in [1.54, 1.807) is 41.3 Å². The lowest BCUT2D eigenvalue weighted by Gasteiger charge is -2.37.